The summed E-state index contributed by atoms with van der Waals surface area (Å²) in [4.78, 5) is 15.2. The van der Waals surface area contributed by atoms with Crippen LogP contribution in [-0.2, 0) is 0 Å². The van der Waals surface area contributed by atoms with Gasteiger partial charge in [0.25, 0.3) is 5.91 Å². The molecule has 0 atom stereocenters. The molecule has 6 heteroatoms. The maximum absolute atomic E-state index is 13.3. The van der Waals surface area contributed by atoms with E-state index in [0.29, 0.717) is 24.7 Å². The number of nitrogens with zero attached hydrogens (tertiary/aromatic N) is 4. The fourth-order valence-corrected chi connectivity index (χ4v) is 4.23. The number of likely N-dealkylation sites (tertiary alicyclic amines) is 1. The monoisotopic (exact) mass is 416 g/mol. The second kappa shape index (κ2) is 8.17. The maximum Gasteiger partial charge on any atom is 0.276 e. The number of para-hydroxylation sites is 1. The van der Waals surface area contributed by atoms with Crippen molar-refractivity contribution in [2.45, 2.75) is 51.6 Å². The third kappa shape index (κ3) is 4.07. The van der Waals surface area contributed by atoms with Crippen LogP contribution in [0.1, 0.15) is 58.9 Å². The summed E-state index contributed by atoms with van der Waals surface area (Å²) in [6, 6.07) is 16.2. The molecular formula is C25H28N4O2. The lowest BCUT2D eigenvalue weighted by Crippen LogP contribution is -2.42. The molecule has 2 heterocycles. The summed E-state index contributed by atoms with van der Waals surface area (Å²) in [5, 5.41) is 8.67. The number of ether oxygens (including phenoxy) is 1. The van der Waals surface area contributed by atoms with Crippen molar-refractivity contribution in [3.8, 4) is 11.4 Å². The summed E-state index contributed by atoms with van der Waals surface area (Å²) in [6.07, 6.45) is 3.96. The van der Waals surface area contributed by atoms with E-state index in [0.717, 1.165) is 42.8 Å². The smallest absolute Gasteiger partial charge is 0.276 e. The molecule has 0 N–H and O–H groups in total. The van der Waals surface area contributed by atoms with Gasteiger partial charge in [0.2, 0.25) is 0 Å². The van der Waals surface area contributed by atoms with Gasteiger partial charge in [-0.15, -0.1) is 5.10 Å². The van der Waals surface area contributed by atoms with Crippen LogP contribution in [0.15, 0.2) is 48.5 Å². The Bertz CT molecular complexity index is 1080. The van der Waals surface area contributed by atoms with Crippen molar-refractivity contribution in [2.24, 2.45) is 0 Å². The quantitative estimate of drug-likeness (QED) is 0.617. The number of carbonyl (C=O) groups excluding carboxylic acids is 1. The topological polar surface area (TPSA) is 60.2 Å². The Labute approximate surface area is 182 Å². The normalized spacial score (nSPS) is 17.0. The van der Waals surface area contributed by atoms with Crippen LogP contribution in [0.3, 0.4) is 0 Å². The van der Waals surface area contributed by atoms with Gasteiger partial charge in [0.15, 0.2) is 5.69 Å². The zero-order valence-corrected chi connectivity index (χ0v) is 18.1. The number of aryl methyl sites for hydroxylation is 2. The van der Waals surface area contributed by atoms with Gasteiger partial charge >= 0.3 is 0 Å². The van der Waals surface area contributed by atoms with Crippen molar-refractivity contribution in [3.05, 3.63) is 71.0 Å². The van der Waals surface area contributed by atoms with Crippen LogP contribution >= 0.6 is 0 Å². The fraction of sp³-hybridized carbons (Fsp3) is 0.400. The van der Waals surface area contributed by atoms with Gasteiger partial charge in [-0.05, 0) is 62.1 Å². The van der Waals surface area contributed by atoms with Gasteiger partial charge in [-0.25, -0.2) is 4.68 Å². The highest BCUT2D eigenvalue weighted by Crippen LogP contribution is 2.42. The summed E-state index contributed by atoms with van der Waals surface area (Å²) in [5.74, 6) is 1.28. The Morgan fingerprint density at radius 1 is 0.968 bits per heavy atom. The average molecular weight is 417 g/mol. The molecule has 0 radical (unpaired) electrons. The van der Waals surface area contributed by atoms with Crippen LogP contribution in [0, 0.1) is 13.8 Å². The Balaban J connectivity index is 1.28. The van der Waals surface area contributed by atoms with Gasteiger partial charge in [0.1, 0.15) is 11.9 Å². The lowest BCUT2D eigenvalue weighted by molar-refractivity contribution is 0.0589. The molecule has 2 aromatic carbocycles. The minimum absolute atomic E-state index is 0.00582. The molecule has 3 aromatic rings. The highest BCUT2D eigenvalue weighted by atomic mass is 16.5. The van der Waals surface area contributed by atoms with E-state index in [1.165, 1.54) is 11.1 Å². The molecule has 0 bridgehead atoms. The lowest BCUT2D eigenvalue weighted by atomic mass is 10.1. The second-order valence-corrected chi connectivity index (χ2v) is 8.70. The van der Waals surface area contributed by atoms with Crippen LogP contribution in [0.5, 0.6) is 5.75 Å². The average Bonchev–Trinajstić information content (AvgIpc) is 3.54. The van der Waals surface area contributed by atoms with E-state index >= 15 is 0 Å². The number of hydrogen-bond acceptors (Lipinski definition) is 4. The van der Waals surface area contributed by atoms with Gasteiger partial charge in [0.05, 0.1) is 11.4 Å². The van der Waals surface area contributed by atoms with Crippen LogP contribution in [-0.4, -0.2) is 45.0 Å². The summed E-state index contributed by atoms with van der Waals surface area (Å²) >= 11 is 0. The van der Waals surface area contributed by atoms with Crippen molar-refractivity contribution >= 4 is 5.91 Å². The number of benzene rings is 2. The molecule has 1 amide bonds. The number of carbonyl (C=O) groups is 1. The van der Waals surface area contributed by atoms with Crippen LogP contribution in [0.2, 0.25) is 0 Å². The Kier molecular flexibility index (Phi) is 5.22. The predicted molar refractivity (Wildman–Crippen MR) is 119 cm³/mol. The molecule has 1 saturated heterocycles. The number of piperidine rings is 1. The van der Waals surface area contributed by atoms with E-state index in [-0.39, 0.29) is 12.0 Å². The van der Waals surface area contributed by atoms with Crippen molar-refractivity contribution < 1.29 is 9.53 Å². The molecule has 6 nitrogen and oxygen atoms in total. The van der Waals surface area contributed by atoms with E-state index in [9.17, 15) is 4.79 Å². The lowest BCUT2D eigenvalue weighted by Gasteiger charge is -2.32. The molecule has 2 aliphatic rings. The largest absolute Gasteiger partial charge is 0.490 e. The number of rotatable bonds is 5. The van der Waals surface area contributed by atoms with Crippen LogP contribution < -0.4 is 4.74 Å². The van der Waals surface area contributed by atoms with E-state index in [2.05, 4.69) is 36.3 Å². The predicted octanol–water partition coefficient (Wildman–Crippen LogP) is 4.45. The first-order chi connectivity index (χ1) is 15.1. The molecule has 2 fully saturated rings. The van der Waals surface area contributed by atoms with Gasteiger partial charge in [-0.1, -0.05) is 29.5 Å². The van der Waals surface area contributed by atoms with E-state index in [1.54, 1.807) is 0 Å². The van der Waals surface area contributed by atoms with E-state index in [4.69, 9.17) is 4.74 Å². The maximum atomic E-state index is 13.3. The van der Waals surface area contributed by atoms with Gasteiger partial charge in [-0.2, -0.15) is 0 Å². The molecule has 160 valence electrons. The Hall–Kier alpha value is -3.15. The second-order valence-electron chi connectivity index (χ2n) is 8.70. The molecular weight excluding hydrogens is 388 g/mol. The van der Waals surface area contributed by atoms with Crippen molar-refractivity contribution in [2.75, 3.05) is 13.1 Å². The van der Waals surface area contributed by atoms with E-state index in [1.807, 2.05) is 46.0 Å². The third-order valence-corrected chi connectivity index (χ3v) is 6.38. The zero-order valence-electron chi connectivity index (χ0n) is 18.1. The molecule has 1 aliphatic heterocycles. The summed E-state index contributed by atoms with van der Waals surface area (Å²) in [6.45, 7) is 5.56. The molecule has 1 aromatic heterocycles. The highest BCUT2D eigenvalue weighted by Gasteiger charge is 2.36. The molecule has 31 heavy (non-hydrogen) atoms. The first kappa shape index (κ1) is 19.8. The van der Waals surface area contributed by atoms with Crippen LogP contribution in [0.25, 0.3) is 5.69 Å². The first-order valence-electron chi connectivity index (χ1n) is 11.1. The Morgan fingerprint density at radius 2 is 1.71 bits per heavy atom. The SMILES string of the molecule is Cc1ccc(OC2CCN(C(=O)c3nnn(-c4ccccc4)c3C3CC3)CC2)cc1C. The highest BCUT2D eigenvalue weighted by molar-refractivity contribution is 5.93. The first-order valence-corrected chi connectivity index (χ1v) is 11.1. The zero-order chi connectivity index (χ0) is 21.4. The molecule has 5 rings (SSSR count). The van der Waals surface area contributed by atoms with E-state index < -0.39 is 0 Å². The molecule has 1 aliphatic carbocycles. The fourth-order valence-electron chi connectivity index (χ4n) is 4.23. The van der Waals surface area contributed by atoms with Crippen LogP contribution in [0.4, 0.5) is 0 Å². The minimum Gasteiger partial charge on any atom is -0.490 e. The van der Waals surface area contributed by atoms with Gasteiger partial charge < -0.3 is 9.64 Å². The van der Waals surface area contributed by atoms with Gasteiger partial charge in [0, 0.05) is 31.8 Å². The summed E-state index contributed by atoms with van der Waals surface area (Å²) < 4.78 is 8.04. The third-order valence-electron chi connectivity index (χ3n) is 6.38. The Morgan fingerprint density at radius 3 is 2.39 bits per heavy atom. The number of amides is 1. The number of aromatic nitrogens is 3. The number of hydrogen-bond donors (Lipinski definition) is 0. The van der Waals surface area contributed by atoms with Gasteiger partial charge in [-0.3, -0.25) is 4.79 Å². The van der Waals surface area contributed by atoms with Crippen molar-refractivity contribution in [1.82, 2.24) is 19.9 Å². The molecule has 0 unspecified atom stereocenters. The van der Waals surface area contributed by atoms with Crippen molar-refractivity contribution in [3.63, 3.8) is 0 Å². The summed E-state index contributed by atoms with van der Waals surface area (Å²) in [7, 11) is 0. The standard InChI is InChI=1S/C25H28N4O2/c1-17-8-11-22(16-18(17)2)31-21-12-14-28(15-13-21)25(30)23-24(19-9-10-19)29(27-26-23)20-6-4-3-5-7-20/h3-8,11,16,19,21H,9-10,12-15H2,1-2H3. The minimum atomic E-state index is -0.00582. The summed E-state index contributed by atoms with van der Waals surface area (Å²) in [5.41, 5.74) is 4.93. The molecule has 0 spiro atoms. The molecule has 1 saturated carbocycles. The van der Waals surface area contributed by atoms with Crippen molar-refractivity contribution in [1.29, 1.82) is 0 Å².